The Labute approximate surface area is 107 Å². The van der Waals surface area contributed by atoms with Gasteiger partial charge in [-0.05, 0) is 30.7 Å². The predicted octanol–water partition coefficient (Wildman–Crippen LogP) is 2.64. The van der Waals surface area contributed by atoms with Gasteiger partial charge in [0.1, 0.15) is 6.04 Å². The Balaban J connectivity index is 2.84. The van der Waals surface area contributed by atoms with Gasteiger partial charge in [-0.15, -0.1) is 0 Å². The number of hydrogen-bond acceptors (Lipinski definition) is 3. The van der Waals surface area contributed by atoms with Gasteiger partial charge in [0.2, 0.25) is 0 Å². The molecule has 0 heterocycles. The fraction of sp³-hybridized carbons (Fsp3) is 0.429. The van der Waals surface area contributed by atoms with E-state index in [1.54, 1.807) is 36.2 Å². The van der Waals surface area contributed by atoms with Crippen LogP contribution in [0.2, 0.25) is 0 Å². The Kier molecular flexibility index (Phi) is 5.19. The van der Waals surface area contributed by atoms with Crippen molar-refractivity contribution in [3.8, 4) is 6.07 Å². The molecule has 0 spiro atoms. The molecule has 0 saturated carbocycles. The van der Waals surface area contributed by atoms with Gasteiger partial charge in [0, 0.05) is 12.7 Å². The zero-order valence-corrected chi connectivity index (χ0v) is 10.8. The molecule has 1 aromatic carbocycles. The summed E-state index contributed by atoms with van der Waals surface area (Å²) in [5.74, 6) is -0.810. The highest BCUT2D eigenvalue weighted by Gasteiger charge is 2.22. The van der Waals surface area contributed by atoms with Gasteiger partial charge in [0.15, 0.2) is 0 Å². The van der Waals surface area contributed by atoms with Crippen molar-refractivity contribution in [2.24, 2.45) is 0 Å². The van der Waals surface area contributed by atoms with Gasteiger partial charge in [-0.3, -0.25) is 0 Å². The third kappa shape index (κ3) is 3.49. The molecule has 0 fully saturated rings. The molecule has 18 heavy (non-hydrogen) atoms. The van der Waals surface area contributed by atoms with E-state index in [1.165, 1.54) is 0 Å². The summed E-state index contributed by atoms with van der Waals surface area (Å²) in [4.78, 5) is 13.0. The number of benzene rings is 1. The molecule has 1 rings (SSSR count). The Bertz CT molecular complexity index is 434. The number of carboxylic acid groups (broad SMARTS) is 1. The van der Waals surface area contributed by atoms with E-state index in [0.717, 1.165) is 18.5 Å². The number of nitrogens with zero attached hydrogens (tertiary/aromatic N) is 2. The number of carbonyl (C=O) groups is 1. The van der Waals surface area contributed by atoms with Crippen molar-refractivity contribution >= 4 is 11.7 Å². The van der Waals surface area contributed by atoms with Crippen LogP contribution in [0.4, 0.5) is 5.69 Å². The van der Waals surface area contributed by atoms with E-state index in [2.05, 4.69) is 0 Å². The molecule has 96 valence electrons. The minimum Gasteiger partial charge on any atom is -0.480 e. The number of unbranched alkanes of at least 4 members (excludes halogenated alkanes) is 1. The Morgan fingerprint density at radius 3 is 2.50 bits per heavy atom. The number of anilines is 1. The largest absolute Gasteiger partial charge is 0.480 e. The number of aliphatic carboxylic acids is 1. The third-order valence-electron chi connectivity index (χ3n) is 2.99. The molecule has 0 aliphatic rings. The highest BCUT2D eigenvalue weighted by atomic mass is 16.4. The summed E-state index contributed by atoms with van der Waals surface area (Å²) < 4.78 is 0. The molecule has 0 amide bonds. The number of carboxylic acids is 1. The van der Waals surface area contributed by atoms with Gasteiger partial charge in [0.05, 0.1) is 11.6 Å². The Morgan fingerprint density at radius 2 is 2.06 bits per heavy atom. The van der Waals surface area contributed by atoms with Crippen molar-refractivity contribution < 1.29 is 9.90 Å². The maximum atomic E-state index is 11.2. The van der Waals surface area contributed by atoms with E-state index in [-0.39, 0.29) is 0 Å². The molecule has 1 unspecified atom stereocenters. The van der Waals surface area contributed by atoms with Gasteiger partial charge in [-0.2, -0.15) is 5.26 Å². The van der Waals surface area contributed by atoms with Gasteiger partial charge in [-0.25, -0.2) is 4.79 Å². The summed E-state index contributed by atoms with van der Waals surface area (Å²) in [7, 11) is 1.77. The van der Waals surface area contributed by atoms with E-state index in [4.69, 9.17) is 5.26 Å². The van der Waals surface area contributed by atoms with Gasteiger partial charge in [-0.1, -0.05) is 19.8 Å². The van der Waals surface area contributed by atoms with Crippen LogP contribution >= 0.6 is 0 Å². The highest BCUT2D eigenvalue weighted by Crippen LogP contribution is 2.19. The van der Waals surface area contributed by atoms with Crippen LogP contribution in [0.5, 0.6) is 0 Å². The number of hydrogen-bond donors (Lipinski definition) is 1. The average Bonchev–Trinajstić information content (AvgIpc) is 2.38. The molecule has 0 aromatic heterocycles. The second kappa shape index (κ2) is 6.65. The molecular weight excluding hydrogens is 228 g/mol. The molecule has 4 nitrogen and oxygen atoms in total. The summed E-state index contributed by atoms with van der Waals surface area (Å²) in [6.07, 6.45) is 2.49. The molecule has 0 aliphatic carbocycles. The van der Waals surface area contributed by atoms with Gasteiger partial charge >= 0.3 is 5.97 Å². The fourth-order valence-corrected chi connectivity index (χ4v) is 1.83. The lowest BCUT2D eigenvalue weighted by Gasteiger charge is -2.26. The molecule has 0 saturated heterocycles. The zero-order valence-electron chi connectivity index (χ0n) is 10.8. The summed E-state index contributed by atoms with van der Waals surface area (Å²) >= 11 is 0. The van der Waals surface area contributed by atoms with Crippen LogP contribution in [-0.2, 0) is 4.79 Å². The van der Waals surface area contributed by atoms with Crippen LogP contribution in [0, 0.1) is 11.3 Å². The normalized spacial score (nSPS) is 11.6. The van der Waals surface area contributed by atoms with Gasteiger partial charge < -0.3 is 10.0 Å². The standard InChI is InChI=1S/C14H18N2O2/c1-3-4-5-13(14(17)18)16(2)12-8-6-11(10-15)7-9-12/h6-9,13H,3-5H2,1-2H3,(H,17,18). The smallest absolute Gasteiger partial charge is 0.326 e. The van der Waals surface area contributed by atoms with E-state index >= 15 is 0 Å². The van der Waals surface area contributed by atoms with Crippen LogP contribution in [0.15, 0.2) is 24.3 Å². The van der Waals surface area contributed by atoms with Crippen LogP contribution in [0.3, 0.4) is 0 Å². The topological polar surface area (TPSA) is 64.3 Å². The fourth-order valence-electron chi connectivity index (χ4n) is 1.83. The van der Waals surface area contributed by atoms with E-state index in [9.17, 15) is 9.90 Å². The number of rotatable bonds is 6. The third-order valence-corrected chi connectivity index (χ3v) is 2.99. The molecule has 1 atom stereocenters. The molecule has 1 N–H and O–H groups in total. The minimum absolute atomic E-state index is 0.516. The van der Waals surface area contributed by atoms with Crippen molar-refractivity contribution in [3.05, 3.63) is 29.8 Å². The lowest BCUT2D eigenvalue weighted by Crippen LogP contribution is -2.38. The SMILES string of the molecule is CCCCC(C(=O)O)N(C)c1ccc(C#N)cc1. The number of likely N-dealkylation sites (N-methyl/N-ethyl adjacent to an activating group) is 1. The van der Waals surface area contributed by atoms with E-state index in [1.807, 2.05) is 13.0 Å². The van der Waals surface area contributed by atoms with Crippen molar-refractivity contribution in [2.45, 2.75) is 32.2 Å². The first-order valence-electron chi connectivity index (χ1n) is 6.06. The first-order chi connectivity index (χ1) is 8.60. The van der Waals surface area contributed by atoms with Crippen molar-refractivity contribution in [1.29, 1.82) is 5.26 Å². The Hall–Kier alpha value is -2.02. The average molecular weight is 246 g/mol. The monoisotopic (exact) mass is 246 g/mol. The lowest BCUT2D eigenvalue weighted by molar-refractivity contribution is -0.138. The molecule has 0 bridgehead atoms. The van der Waals surface area contributed by atoms with Crippen LogP contribution < -0.4 is 4.90 Å². The van der Waals surface area contributed by atoms with Gasteiger partial charge in [0.25, 0.3) is 0 Å². The highest BCUT2D eigenvalue weighted by molar-refractivity contribution is 5.78. The van der Waals surface area contributed by atoms with Crippen molar-refractivity contribution in [1.82, 2.24) is 0 Å². The summed E-state index contributed by atoms with van der Waals surface area (Å²) in [6, 6.07) is 8.48. The lowest BCUT2D eigenvalue weighted by atomic mass is 10.1. The summed E-state index contributed by atoms with van der Waals surface area (Å²) in [5, 5.41) is 18.0. The maximum absolute atomic E-state index is 11.2. The van der Waals surface area contributed by atoms with Crippen molar-refractivity contribution in [2.75, 3.05) is 11.9 Å². The number of nitriles is 1. The van der Waals surface area contributed by atoms with E-state index < -0.39 is 12.0 Å². The second-order valence-electron chi connectivity index (χ2n) is 4.27. The molecule has 0 aliphatic heterocycles. The first-order valence-corrected chi connectivity index (χ1v) is 6.06. The van der Waals surface area contributed by atoms with Crippen molar-refractivity contribution in [3.63, 3.8) is 0 Å². The molecule has 0 radical (unpaired) electrons. The van der Waals surface area contributed by atoms with Crippen LogP contribution in [-0.4, -0.2) is 24.2 Å². The minimum atomic E-state index is -0.810. The second-order valence-corrected chi connectivity index (χ2v) is 4.27. The van der Waals surface area contributed by atoms with Crippen LogP contribution in [0.1, 0.15) is 31.7 Å². The molecule has 1 aromatic rings. The summed E-state index contributed by atoms with van der Waals surface area (Å²) in [5.41, 5.74) is 1.39. The maximum Gasteiger partial charge on any atom is 0.326 e. The molecular formula is C14H18N2O2. The van der Waals surface area contributed by atoms with E-state index in [0.29, 0.717) is 12.0 Å². The molecule has 4 heteroatoms. The quantitative estimate of drug-likeness (QED) is 0.838. The summed E-state index contributed by atoms with van der Waals surface area (Å²) in [6.45, 7) is 2.04. The zero-order chi connectivity index (χ0) is 13.5. The predicted molar refractivity (Wildman–Crippen MR) is 70.5 cm³/mol. The first kappa shape index (κ1) is 14.0. The van der Waals surface area contributed by atoms with Crippen LogP contribution in [0.25, 0.3) is 0 Å². The Morgan fingerprint density at radius 1 is 1.44 bits per heavy atom.